The van der Waals surface area contributed by atoms with Crippen molar-refractivity contribution in [2.75, 3.05) is 13.2 Å². The highest BCUT2D eigenvalue weighted by atomic mass is 16.3. The minimum atomic E-state index is 0.0141. The van der Waals surface area contributed by atoms with Crippen molar-refractivity contribution < 1.29 is 9.90 Å². The van der Waals surface area contributed by atoms with Crippen molar-refractivity contribution in [3.63, 3.8) is 0 Å². The summed E-state index contributed by atoms with van der Waals surface area (Å²) in [4.78, 5) is 14.6. The maximum absolute atomic E-state index is 12.7. The van der Waals surface area contributed by atoms with E-state index < -0.39 is 0 Å². The zero-order valence-corrected chi connectivity index (χ0v) is 11.7. The summed E-state index contributed by atoms with van der Waals surface area (Å²) in [7, 11) is 0. The van der Waals surface area contributed by atoms with Gasteiger partial charge in [0.25, 0.3) is 0 Å². The van der Waals surface area contributed by atoms with Gasteiger partial charge in [0.05, 0.1) is 12.6 Å². The largest absolute Gasteiger partial charge is 0.395 e. The fraction of sp³-hybridized carbons (Fsp3) is 0.933. The number of amides is 1. The Bertz CT molecular complexity index is 316. The summed E-state index contributed by atoms with van der Waals surface area (Å²) in [6.07, 6.45) is 9.62. The van der Waals surface area contributed by atoms with Crippen LogP contribution in [0, 0.1) is 5.92 Å². The lowest BCUT2D eigenvalue weighted by atomic mass is 9.85. The van der Waals surface area contributed by atoms with E-state index in [0.29, 0.717) is 24.5 Å². The lowest BCUT2D eigenvalue weighted by Crippen LogP contribution is -2.52. The molecule has 0 bridgehead atoms. The second kappa shape index (κ2) is 5.80. The smallest absolute Gasteiger partial charge is 0.240 e. The maximum Gasteiger partial charge on any atom is 0.240 e. The summed E-state index contributed by atoms with van der Waals surface area (Å²) in [5.41, 5.74) is 0. The molecule has 2 N–H and O–H groups in total. The fourth-order valence-corrected chi connectivity index (χ4v) is 3.99. The van der Waals surface area contributed by atoms with Crippen LogP contribution in [0.15, 0.2) is 0 Å². The van der Waals surface area contributed by atoms with Crippen molar-refractivity contribution in [2.45, 2.75) is 69.5 Å². The van der Waals surface area contributed by atoms with Crippen molar-refractivity contribution in [1.82, 2.24) is 10.2 Å². The molecule has 1 heterocycles. The van der Waals surface area contributed by atoms with Gasteiger partial charge < -0.3 is 15.3 Å². The molecule has 1 amide bonds. The summed E-state index contributed by atoms with van der Waals surface area (Å²) in [5.74, 6) is 0.952. The SMILES string of the molecule is O=C(C1CC2CCCCC2N1)N(CCO)C1CCC1. The first-order valence-corrected chi connectivity index (χ1v) is 7.97. The molecule has 4 nitrogen and oxygen atoms in total. The van der Waals surface area contributed by atoms with Crippen molar-refractivity contribution >= 4 is 5.91 Å². The Morgan fingerprint density at radius 2 is 1.95 bits per heavy atom. The van der Waals surface area contributed by atoms with E-state index in [0.717, 1.165) is 19.3 Å². The lowest BCUT2D eigenvalue weighted by Gasteiger charge is -2.38. The van der Waals surface area contributed by atoms with Crippen LogP contribution in [-0.4, -0.2) is 47.2 Å². The number of aliphatic hydroxyl groups excluding tert-OH is 1. The van der Waals surface area contributed by atoms with E-state index >= 15 is 0 Å². The highest BCUT2D eigenvalue weighted by molar-refractivity contribution is 5.82. The first-order chi connectivity index (χ1) is 9.29. The van der Waals surface area contributed by atoms with Gasteiger partial charge >= 0.3 is 0 Å². The van der Waals surface area contributed by atoms with Crippen LogP contribution < -0.4 is 5.32 Å². The number of carbonyl (C=O) groups excluding carboxylic acids is 1. The molecule has 4 heteroatoms. The average Bonchev–Trinajstić information content (AvgIpc) is 2.79. The first-order valence-electron chi connectivity index (χ1n) is 7.97. The molecule has 1 saturated heterocycles. The Balaban J connectivity index is 1.62. The fourth-order valence-electron chi connectivity index (χ4n) is 3.99. The summed E-state index contributed by atoms with van der Waals surface area (Å²) in [6.45, 7) is 0.596. The number of hydrogen-bond acceptors (Lipinski definition) is 3. The molecular formula is C15H26N2O2. The molecule has 3 aliphatic rings. The zero-order chi connectivity index (χ0) is 13.2. The van der Waals surface area contributed by atoms with E-state index in [1.54, 1.807) is 0 Å². The molecule has 3 unspecified atom stereocenters. The summed E-state index contributed by atoms with van der Waals surface area (Å²) >= 11 is 0. The Labute approximate surface area is 115 Å². The highest BCUT2D eigenvalue weighted by Crippen LogP contribution is 2.34. The second-order valence-electron chi connectivity index (χ2n) is 6.45. The minimum Gasteiger partial charge on any atom is -0.395 e. The van der Waals surface area contributed by atoms with Gasteiger partial charge in [0, 0.05) is 18.6 Å². The van der Waals surface area contributed by atoms with Crippen LogP contribution in [0.1, 0.15) is 51.4 Å². The van der Waals surface area contributed by atoms with Crippen molar-refractivity contribution in [2.24, 2.45) is 5.92 Å². The number of aliphatic hydroxyl groups is 1. The van der Waals surface area contributed by atoms with Crippen LogP contribution in [0.4, 0.5) is 0 Å². The molecule has 3 fully saturated rings. The van der Waals surface area contributed by atoms with Gasteiger partial charge in [-0.3, -0.25) is 4.79 Å². The van der Waals surface area contributed by atoms with E-state index in [1.807, 2.05) is 4.90 Å². The second-order valence-corrected chi connectivity index (χ2v) is 6.45. The molecule has 0 radical (unpaired) electrons. The Morgan fingerprint density at radius 1 is 1.16 bits per heavy atom. The third-order valence-electron chi connectivity index (χ3n) is 5.30. The molecule has 0 spiro atoms. The number of carbonyl (C=O) groups is 1. The minimum absolute atomic E-state index is 0.0141. The van der Waals surface area contributed by atoms with Crippen LogP contribution in [-0.2, 0) is 4.79 Å². The van der Waals surface area contributed by atoms with Gasteiger partial charge in [-0.1, -0.05) is 12.8 Å². The van der Waals surface area contributed by atoms with Gasteiger partial charge in [-0.2, -0.15) is 0 Å². The molecular weight excluding hydrogens is 240 g/mol. The molecule has 3 rings (SSSR count). The number of nitrogens with zero attached hydrogens (tertiary/aromatic N) is 1. The van der Waals surface area contributed by atoms with Gasteiger partial charge in [-0.15, -0.1) is 0 Å². The molecule has 3 atom stereocenters. The average molecular weight is 266 g/mol. The molecule has 0 aromatic heterocycles. The third kappa shape index (κ3) is 2.65. The van der Waals surface area contributed by atoms with E-state index in [4.69, 9.17) is 0 Å². The van der Waals surface area contributed by atoms with Gasteiger partial charge in [0.1, 0.15) is 0 Å². The number of nitrogens with one attached hydrogen (secondary N) is 1. The number of fused-ring (bicyclic) bond motifs is 1. The normalized spacial score (nSPS) is 34.7. The molecule has 2 aliphatic carbocycles. The van der Waals surface area contributed by atoms with Crippen LogP contribution in [0.5, 0.6) is 0 Å². The maximum atomic E-state index is 12.7. The molecule has 0 aromatic rings. The van der Waals surface area contributed by atoms with E-state index in [-0.39, 0.29) is 18.6 Å². The van der Waals surface area contributed by atoms with Gasteiger partial charge in [0.2, 0.25) is 5.91 Å². The topological polar surface area (TPSA) is 52.6 Å². The number of hydrogen-bond donors (Lipinski definition) is 2. The van der Waals surface area contributed by atoms with Crippen LogP contribution >= 0.6 is 0 Å². The predicted octanol–water partition coefficient (Wildman–Crippen LogP) is 1.28. The van der Waals surface area contributed by atoms with Crippen molar-refractivity contribution in [1.29, 1.82) is 0 Å². The monoisotopic (exact) mass is 266 g/mol. The molecule has 19 heavy (non-hydrogen) atoms. The summed E-state index contributed by atoms with van der Waals surface area (Å²) < 4.78 is 0. The van der Waals surface area contributed by atoms with Gasteiger partial charge in [-0.25, -0.2) is 0 Å². The van der Waals surface area contributed by atoms with Crippen LogP contribution in [0.3, 0.4) is 0 Å². The van der Waals surface area contributed by atoms with Gasteiger partial charge in [0.15, 0.2) is 0 Å². The standard InChI is InChI=1S/C15H26N2O2/c18-9-8-17(12-5-3-6-12)15(19)14-10-11-4-1-2-7-13(11)16-14/h11-14,16,18H,1-10H2. The summed E-state index contributed by atoms with van der Waals surface area (Å²) in [5, 5.41) is 12.8. The number of rotatable bonds is 4. The molecule has 1 aliphatic heterocycles. The summed E-state index contributed by atoms with van der Waals surface area (Å²) in [6, 6.07) is 0.976. The Hall–Kier alpha value is -0.610. The van der Waals surface area contributed by atoms with Crippen LogP contribution in [0.25, 0.3) is 0 Å². The highest BCUT2D eigenvalue weighted by Gasteiger charge is 2.41. The first kappa shape index (κ1) is 13.4. The Kier molecular flexibility index (Phi) is 4.08. The van der Waals surface area contributed by atoms with E-state index in [1.165, 1.54) is 32.1 Å². The molecule has 0 aromatic carbocycles. The Morgan fingerprint density at radius 3 is 2.58 bits per heavy atom. The molecule has 2 saturated carbocycles. The van der Waals surface area contributed by atoms with Crippen molar-refractivity contribution in [3.8, 4) is 0 Å². The zero-order valence-electron chi connectivity index (χ0n) is 11.7. The van der Waals surface area contributed by atoms with Gasteiger partial charge in [-0.05, 0) is 44.4 Å². The van der Waals surface area contributed by atoms with Crippen molar-refractivity contribution in [3.05, 3.63) is 0 Å². The third-order valence-corrected chi connectivity index (χ3v) is 5.30. The quantitative estimate of drug-likeness (QED) is 0.806. The van der Waals surface area contributed by atoms with Crippen LogP contribution in [0.2, 0.25) is 0 Å². The van der Waals surface area contributed by atoms with E-state index in [2.05, 4.69) is 5.32 Å². The lowest BCUT2D eigenvalue weighted by molar-refractivity contribution is -0.138. The molecule has 108 valence electrons. The predicted molar refractivity (Wildman–Crippen MR) is 73.7 cm³/mol. The van der Waals surface area contributed by atoms with E-state index in [9.17, 15) is 9.90 Å².